The van der Waals surface area contributed by atoms with E-state index in [1.165, 1.54) is 5.39 Å². The molecule has 0 aliphatic heterocycles. The number of nitrogens with one attached hydrogen (secondary N) is 1. The monoisotopic (exact) mass is 216 g/mol. The second kappa shape index (κ2) is 2.97. The third-order valence-corrected chi connectivity index (χ3v) is 2.91. The molecule has 0 saturated carbocycles. The van der Waals surface area contributed by atoms with Crippen LogP contribution in [-0.4, -0.2) is 9.97 Å². The first-order valence-electron chi connectivity index (χ1n) is 4.78. The second-order valence-corrected chi connectivity index (χ2v) is 4.07. The van der Waals surface area contributed by atoms with Gasteiger partial charge in [-0.05, 0) is 31.2 Å². The average Bonchev–Trinajstić information content (AvgIpc) is 2.58. The molecular weight excluding hydrogens is 208 g/mol. The molecule has 0 spiro atoms. The van der Waals surface area contributed by atoms with Crippen LogP contribution in [0.5, 0.6) is 0 Å². The van der Waals surface area contributed by atoms with Crippen molar-refractivity contribution in [1.29, 1.82) is 0 Å². The van der Waals surface area contributed by atoms with Crippen LogP contribution in [0.2, 0.25) is 5.02 Å². The minimum absolute atomic E-state index is 0.762. The Hall–Kier alpha value is -1.54. The van der Waals surface area contributed by atoms with Gasteiger partial charge in [-0.25, -0.2) is 0 Å². The Labute approximate surface area is 91.9 Å². The summed E-state index contributed by atoms with van der Waals surface area (Å²) in [5.74, 6) is 0. The van der Waals surface area contributed by atoms with E-state index in [-0.39, 0.29) is 0 Å². The number of hydrogen-bond acceptors (Lipinski definition) is 1. The fourth-order valence-electron chi connectivity index (χ4n) is 1.93. The quantitative estimate of drug-likeness (QED) is 0.610. The highest BCUT2D eigenvalue weighted by molar-refractivity contribution is 6.31. The standard InChI is InChI=1S/C12H9ClN2/c1-7-12-9(4-5-14-7)10-6-8(13)2-3-11(10)15-12/h2-6,15H,1H3. The highest BCUT2D eigenvalue weighted by Crippen LogP contribution is 2.28. The van der Waals surface area contributed by atoms with Gasteiger partial charge in [0.15, 0.2) is 0 Å². The summed E-state index contributed by atoms with van der Waals surface area (Å²) >= 11 is 5.99. The van der Waals surface area contributed by atoms with Gasteiger partial charge in [0.1, 0.15) is 0 Å². The van der Waals surface area contributed by atoms with Gasteiger partial charge in [0.25, 0.3) is 0 Å². The van der Waals surface area contributed by atoms with E-state index in [9.17, 15) is 0 Å². The number of aromatic nitrogens is 2. The molecule has 3 rings (SSSR count). The van der Waals surface area contributed by atoms with E-state index >= 15 is 0 Å². The Bertz CT molecular complexity index is 655. The molecule has 2 aromatic heterocycles. The van der Waals surface area contributed by atoms with E-state index < -0.39 is 0 Å². The highest BCUT2D eigenvalue weighted by atomic mass is 35.5. The summed E-state index contributed by atoms with van der Waals surface area (Å²) in [7, 11) is 0. The zero-order valence-electron chi connectivity index (χ0n) is 8.21. The van der Waals surface area contributed by atoms with Crippen LogP contribution < -0.4 is 0 Å². The van der Waals surface area contributed by atoms with E-state index in [1.807, 2.05) is 37.4 Å². The number of rotatable bonds is 0. The fraction of sp³-hybridized carbons (Fsp3) is 0.0833. The molecular formula is C12H9ClN2. The van der Waals surface area contributed by atoms with Crippen molar-refractivity contribution in [3.05, 3.63) is 41.2 Å². The number of halogens is 1. The van der Waals surface area contributed by atoms with Crippen molar-refractivity contribution < 1.29 is 0 Å². The van der Waals surface area contributed by atoms with E-state index in [2.05, 4.69) is 9.97 Å². The molecule has 0 amide bonds. The van der Waals surface area contributed by atoms with Crippen LogP contribution in [0.25, 0.3) is 21.8 Å². The van der Waals surface area contributed by atoms with Gasteiger partial charge < -0.3 is 4.98 Å². The number of nitrogens with zero attached hydrogens (tertiary/aromatic N) is 1. The maximum absolute atomic E-state index is 5.99. The number of aryl methyl sites for hydroxylation is 1. The second-order valence-electron chi connectivity index (χ2n) is 3.63. The summed E-state index contributed by atoms with van der Waals surface area (Å²) in [5.41, 5.74) is 3.21. The molecule has 0 atom stereocenters. The van der Waals surface area contributed by atoms with E-state index in [1.54, 1.807) is 0 Å². The average molecular weight is 217 g/mol. The van der Waals surface area contributed by atoms with Crippen molar-refractivity contribution in [2.45, 2.75) is 6.92 Å². The Balaban J connectivity index is 2.58. The predicted octanol–water partition coefficient (Wildman–Crippen LogP) is 3.68. The van der Waals surface area contributed by atoms with Gasteiger partial charge in [0.2, 0.25) is 0 Å². The molecule has 0 aliphatic rings. The van der Waals surface area contributed by atoms with Crippen LogP contribution in [-0.2, 0) is 0 Å². The van der Waals surface area contributed by atoms with E-state index in [0.717, 1.165) is 27.1 Å². The van der Waals surface area contributed by atoms with Crippen LogP contribution in [0, 0.1) is 6.92 Å². The zero-order chi connectivity index (χ0) is 10.4. The Morgan fingerprint density at radius 2 is 2.07 bits per heavy atom. The van der Waals surface area contributed by atoms with Gasteiger partial charge in [-0.3, -0.25) is 4.98 Å². The Kier molecular flexibility index (Phi) is 1.73. The number of hydrogen-bond donors (Lipinski definition) is 1. The van der Waals surface area contributed by atoms with Gasteiger partial charge >= 0.3 is 0 Å². The minimum Gasteiger partial charge on any atom is -0.353 e. The molecule has 2 heterocycles. The SMILES string of the molecule is Cc1nccc2c1[nH]c1ccc(Cl)cc12. The van der Waals surface area contributed by atoms with Crippen molar-refractivity contribution in [1.82, 2.24) is 9.97 Å². The molecule has 74 valence electrons. The zero-order valence-corrected chi connectivity index (χ0v) is 8.97. The van der Waals surface area contributed by atoms with Crippen LogP contribution in [0.4, 0.5) is 0 Å². The van der Waals surface area contributed by atoms with Crippen LogP contribution in [0.3, 0.4) is 0 Å². The maximum atomic E-state index is 5.99. The van der Waals surface area contributed by atoms with Crippen LogP contribution in [0.1, 0.15) is 5.69 Å². The number of benzene rings is 1. The van der Waals surface area contributed by atoms with Gasteiger partial charge in [0, 0.05) is 27.5 Å². The molecule has 2 nitrogen and oxygen atoms in total. The molecule has 0 radical (unpaired) electrons. The molecule has 1 N–H and O–H groups in total. The molecule has 0 saturated heterocycles. The minimum atomic E-state index is 0.762. The maximum Gasteiger partial charge on any atom is 0.0681 e. The number of H-pyrrole nitrogens is 1. The lowest BCUT2D eigenvalue weighted by atomic mass is 10.2. The predicted molar refractivity (Wildman–Crippen MR) is 63.3 cm³/mol. The molecule has 0 unspecified atom stereocenters. The Morgan fingerprint density at radius 1 is 1.20 bits per heavy atom. The number of aromatic amines is 1. The third kappa shape index (κ3) is 1.22. The molecule has 0 aliphatic carbocycles. The van der Waals surface area contributed by atoms with Crippen molar-refractivity contribution in [3.63, 3.8) is 0 Å². The smallest absolute Gasteiger partial charge is 0.0681 e. The molecule has 3 heteroatoms. The van der Waals surface area contributed by atoms with Crippen LogP contribution in [0.15, 0.2) is 30.5 Å². The van der Waals surface area contributed by atoms with Crippen LogP contribution >= 0.6 is 11.6 Å². The van der Waals surface area contributed by atoms with Crippen molar-refractivity contribution >= 4 is 33.4 Å². The summed E-state index contributed by atoms with van der Waals surface area (Å²) < 4.78 is 0. The number of pyridine rings is 1. The van der Waals surface area contributed by atoms with Crippen molar-refractivity contribution in [2.24, 2.45) is 0 Å². The molecule has 0 fully saturated rings. The van der Waals surface area contributed by atoms with Gasteiger partial charge in [0.05, 0.1) is 11.2 Å². The summed E-state index contributed by atoms with van der Waals surface area (Å²) in [5, 5.41) is 3.10. The summed E-state index contributed by atoms with van der Waals surface area (Å²) in [4.78, 5) is 7.61. The number of fused-ring (bicyclic) bond motifs is 3. The first kappa shape index (κ1) is 8.74. The van der Waals surface area contributed by atoms with Gasteiger partial charge in [-0.15, -0.1) is 0 Å². The topological polar surface area (TPSA) is 28.7 Å². The lowest BCUT2D eigenvalue weighted by molar-refractivity contribution is 1.22. The largest absolute Gasteiger partial charge is 0.353 e. The van der Waals surface area contributed by atoms with Crippen molar-refractivity contribution in [3.8, 4) is 0 Å². The van der Waals surface area contributed by atoms with Crippen molar-refractivity contribution in [2.75, 3.05) is 0 Å². The highest BCUT2D eigenvalue weighted by Gasteiger charge is 2.06. The normalized spacial score (nSPS) is 11.3. The first-order valence-corrected chi connectivity index (χ1v) is 5.16. The van der Waals surface area contributed by atoms with Gasteiger partial charge in [-0.1, -0.05) is 11.6 Å². The lowest BCUT2D eigenvalue weighted by Gasteiger charge is -1.93. The van der Waals surface area contributed by atoms with E-state index in [4.69, 9.17) is 11.6 Å². The van der Waals surface area contributed by atoms with E-state index in [0.29, 0.717) is 0 Å². The lowest BCUT2D eigenvalue weighted by Crippen LogP contribution is -1.79. The summed E-state index contributed by atoms with van der Waals surface area (Å²) in [6, 6.07) is 7.88. The van der Waals surface area contributed by atoms with Gasteiger partial charge in [-0.2, -0.15) is 0 Å². The molecule has 3 aromatic rings. The summed E-state index contributed by atoms with van der Waals surface area (Å²) in [6.07, 6.45) is 1.83. The fourth-order valence-corrected chi connectivity index (χ4v) is 2.10. The molecule has 0 bridgehead atoms. The first-order chi connectivity index (χ1) is 7.25. The Morgan fingerprint density at radius 3 is 2.93 bits per heavy atom. The molecule has 15 heavy (non-hydrogen) atoms. The summed E-state index contributed by atoms with van der Waals surface area (Å²) in [6.45, 7) is 2.00. The molecule has 1 aromatic carbocycles. The third-order valence-electron chi connectivity index (χ3n) is 2.67.